The molecule has 1 fully saturated rings. The van der Waals surface area contributed by atoms with E-state index in [1.807, 2.05) is 13.8 Å². The number of carbonyl (C=O) groups is 1. The Balaban J connectivity index is 2.47. The first-order valence-electron chi connectivity index (χ1n) is 8.45. The minimum absolute atomic E-state index is 0.100. The molecular formula is C17H34N2O2. The number of ether oxygens (including phenoxy) is 1. The van der Waals surface area contributed by atoms with Crippen LogP contribution in [0.1, 0.15) is 60.3 Å². The summed E-state index contributed by atoms with van der Waals surface area (Å²) in [5.74, 6) is 0.549. The lowest BCUT2D eigenvalue weighted by Crippen LogP contribution is -2.52. The summed E-state index contributed by atoms with van der Waals surface area (Å²) in [7, 11) is 2.17. The Labute approximate surface area is 130 Å². The van der Waals surface area contributed by atoms with Gasteiger partial charge in [0.2, 0.25) is 0 Å². The van der Waals surface area contributed by atoms with Gasteiger partial charge in [-0.15, -0.1) is 0 Å². The predicted molar refractivity (Wildman–Crippen MR) is 87.4 cm³/mol. The highest BCUT2D eigenvalue weighted by Gasteiger charge is 2.39. The second kappa shape index (κ2) is 8.14. The van der Waals surface area contributed by atoms with Crippen molar-refractivity contribution in [3.8, 4) is 0 Å². The van der Waals surface area contributed by atoms with Crippen LogP contribution in [0.2, 0.25) is 0 Å². The first-order valence-corrected chi connectivity index (χ1v) is 8.45. The van der Waals surface area contributed by atoms with Gasteiger partial charge in [0.25, 0.3) is 0 Å². The molecule has 1 aliphatic rings. The van der Waals surface area contributed by atoms with Gasteiger partial charge in [-0.2, -0.15) is 0 Å². The molecular weight excluding hydrogens is 264 g/mol. The Morgan fingerprint density at radius 3 is 2.48 bits per heavy atom. The predicted octanol–water partition coefficient (Wildman–Crippen LogP) is 2.82. The lowest BCUT2D eigenvalue weighted by atomic mass is 9.95. The van der Waals surface area contributed by atoms with Gasteiger partial charge in [-0.1, -0.05) is 13.8 Å². The molecule has 0 bridgehead atoms. The van der Waals surface area contributed by atoms with Gasteiger partial charge in [-0.3, -0.25) is 10.1 Å². The Bertz CT molecular complexity index is 329. The third-order valence-electron chi connectivity index (χ3n) is 4.67. The van der Waals surface area contributed by atoms with Crippen molar-refractivity contribution >= 4 is 5.97 Å². The summed E-state index contributed by atoms with van der Waals surface area (Å²) in [4.78, 5) is 14.6. The van der Waals surface area contributed by atoms with E-state index in [1.54, 1.807) is 0 Å². The van der Waals surface area contributed by atoms with E-state index in [4.69, 9.17) is 4.74 Å². The molecule has 0 saturated heterocycles. The highest BCUT2D eigenvalue weighted by atomic mass is 16.5. The van der Waals surface area contributed by atoms with Gasteiger partial charge >= 0.3 is 5.97 Å². The SMILES string of the molecule is CCOC(=O)C(C)(CCCN(C)C(C)C(C)C)NC1CC1. The van der Waals surface area contributed by atoms with E-state index in [1.165, 1.54) is 12.8 Å². The number of hydrogen-bond donors (Lipinski definition) is 1. The van der Waals surface area contributed by atoms with Gasteiger partial charge in [0.05, 0.1) is 6.61 Å². The maximum atomic E-state index is 12.2. The molecule has 0 heterocycles. The first-order chi connectivity index (χ1) is 9.80. The maximum absolute atomic E-state index is 12.2. The molecule has 4 heteroatoms. The minimum atomic E-state index is -0.529. The molecule has 0 aromatic heterocycles. The molecule has 1 rings (SSSR count). The van der Waals surface area contributed by atoms with Crippen molar-refractivity contribution in [3.05, 3.63) is 0 Å². The second-order valence-electron chi connectivity index (χ2n) is 7.04. The van der Waals surface area contributed by atoms with Crippen LogP contribution in [-0.2, 0) is 9.53 Å². The van der Waals surface area contributed by atoms with Crippen LogP contribution in [0.4, 0.5) is 0 Å². The molecule has 0 amide bonds. The molecule has 0 radical (unpaired) electrons. The van der Waals surface area contributed by atoms with Crippen LogP contribution in [-0.4, -0.2) is 48.7 Å². The Morgan fingerprint density at radius 1 is 1.38 bits per heavy atom. The van der Waals surface area contributed by atoms with Crippen molar-refractivity contribution in [3.63, 3.8) is 0 Å². The molecule has 2 atom stereocenters. The normalized spacial score (nSPS) is 19.6. The van der Waals surface area contributed by atoms with Crippen LogP contribution < -0.4 is 5.32 Å². The number of carbonyl (C=O) groups excluding carboxylic acids is 1. The van der Waals surface area contributed by atoms with Crippen LogP contribution in [0.3, 0.4) is 0 Å². The van der Waals surface area contributed by atoms with Crippen molar-refractivity contribution in [2.75, 3.05) is 20.2 Å². The van der Waals surface area contributed by atoms with E-state index in [0.29, 0.717) is 24.6 Å². The Kier molecular flexibility index (Phi) is 7.14. The van der Waals surface area contributed by atoms with Gasteiger partial charge in [0, 0.05) is 12.1 Å². The molecule has 0 spiro atoms. The third-order valence-corrected chi connectivity index (χ3v) is 4.67. The summed E-state index contributed by atoms with van der Waals surface area (Å²) in [5, 5.41) is 3.48. The molecule has 124 valence electrons. The fourth-order valence-electron chi connectivity index (χ4n) is 2.60. The number of nitrogens with zero attached hydrogens (tertiary/aromatic N) is 1. The van der Waals surface area contributed by atoms with Gasteiger partial charge in [0.1, 0.15) is 5.54 Å². The molecule has 0 aromatic carbocycles. The molecule has 21 heavy (non-hydrogen) atoms. The van der Waals surface area contributed by atoms with E-state index in [0.717, 1.165) is 19.4 Å². The fraction of sp³-hybridized carbons (Fsp3) is 0.941. The van der Waals surface area contributed by atoms with E-state index in [-0.39, 0.29) is 5.97 Å². The van der Waals surface area contributed by atoms with Crippen molar-refractivity contribution in [1.29, 1.82) is 0 Å². The topological polar surface area (TPSA) is 41.6 Å². The van der Waals surface area contributed by atoms with Crippen molar-refractivity contribution < 1.29 is 9.53 Å². The third kappa shape index (κ3) is 5.95. The standard InChI is InChI=1S/C17H34N2O2/c1-7-21-16(20)17(5,18-15-9-10-15)11-8-12-19(6)14(4)13(2)3/h13-15,18H,7-12H2,1-6H3. The molecule has 4 nitrogen and oxygen atoms in total. The molecule has 0 aromatic rings. The average Bonchev–Trinajstić information content (AvgIpc) is 3.21. The monoisotopic (exact) mass is 298 g/mol. The zero-order valence-electron chi connectivity index (χ0n) is 14.7. The van der Waals surface area contributed by atoms with E-state index in [9.17, 15) is 4.79 Å². The molecule has 1 N–H and O–H groups in total. The van der Waals surface area contributed by atoms with Crippen LogP contribution in [0.15, 0.2) is 0 Å². The second-order valence-corrected chi connectivity index (χ2v) is 7.04. The van der Waals surface area contributed by atoms with E-state index in [2.05, 4.69) is 38.0 Å². The summed E-state index contributed by atoms with van der Waals surface area (Å²) in [6, 6.07) is 1.07. The molecule has 1 aliphatic carbocycles. The molecule has 0 aliphatic heterocycles. The molecule has 1 saturated carbocycles. The lowest BCUT2D eigenvalue weighted by molar-refractivity contribution is -0.151. The van der Waals surface area contributed by atoms with Gasteiger partial charge < -0.3 is 9.64 Å². The molecule has 2 unspecified atom stereocenters. The number of hydrogen-bond acceptors (Lipinski definition) is 4. The Hall–Kier alpha value is -0.610. The summed E-state index contributed by atoms with van der Waals surface area (Å²) >= 11 is 0. The van der Waals surface area contributed by atoms with Crippen LogP contribution in [0.25, 0.3) is 0 Å². The summed E-state index contributed by atoms with van der Waals surface area (Å²) in [6.07, 6.45) is 4.19. The quantitative estimate of drug-likeness (QED) is 0.630. The highest BCUT2D eigenvalue weighted by molar-refractivity contribution is 5.80. The zero-order valence-corrected chi connectivity index (χ0v) is 14.7. The number of rotatable bonds is 10. The first kappa shape index (κ1) is 18.4. The van der Waals surface area contributed by atoms with Crippen molar-refractivity contribution in [1.82, 2.24) is 10.2 Å². The average molecular weight is 298 g/mol. The summed E-state index contributed by atoms with van der Waals surface area (Å²) < 4.78 is 5.26. The number of esters is 1. The largest absolute Gasteiger partial charge is 0.465 e. The van der Waals surface area contributed by atoms with E-state index < -0.39 is 5.54 Å². The maximum Gasteiger partial charge on any atom is 0.326 e. The van der Waals surface area contributed by atoms with Crippen LogP contribution >= 0.6 is 0 Å². The van der Waals surface area contributed by atoms with E-state index >= 15 is 0 Å². The van der Waals surface area contributed by atoms with Gasteiger partial charge in [-0.25, -0.2) is 0 Å². The van der Waals surface area contributed by atoms with Crippen LogP contribution in [0, 0.1) is 5.92 Å². The highest BCUT2D eigenvalue weighted by Crippen LogP contribution is 2.26. The van der Waals surface area contributed by atoms with Crippen molar-refractivity contribution in [2.24, 2.45) is 5.92 Å². The summed E-state index contributed by atoms with van der Waals surface area (Å²) in [6.45, 7) is 12.1. The number of nitrogens with one attached hydrogen (secondary N) is 1. The minimum Gasteiger partial charge on any atom is -0.465 e. The zero-order chi connectivity index (χ0) is 16.0. The fourth-order valence-corrected chi connectivity index (χ4v) is 2.60. The van der Waals surface area contributed by atoms with Gasteiger partial charge in [0.15, 0.2) is 0 Å². The lowest BCUT2D eigenvalue weighted by Gasteiger charge is -2.31. The summed E-state index contributed by atoms with van der Waals surface area (Å²) in [5.41, 5.74) is -0.529. The van der Waals surface area contributed by atoms with Gasteiger partial charge in [-0.05, 0) is 66.0 Å². The Morgan fingerprint density at radius 2 is 2.00 bits per heavy atom. The smallest absolute Gasteiger partial charge is 0.326 e. The van der Waals surface area contributed by atoms with Crippen LogP contribution in [0.5, 0.6) is 0 Å². The van der Waals surface area contributed by atoms with Crippen molar-refractivity contribution in [2.45, 2.75) is 77.9 Å².